The fraction of sp³-hybridized carbons (Fsp3) is 0.250. The van der Waals surface area contributed by atoms with Crippen molar-refractivity contribution < 1.29 is 4.79 Å². The highest BCUT2D eigenvalue weighted by Gasteiger charge is 2.01. The summed E-state index contributed by atoms with van der Waals surface area (Å²) in [7, 11) is 0. The van der Waals surface area contributed by atoms with Crippen molar-refractivity contribution in [2.45, 2.75) is 13.8 Å². The van der Waals surface area contributed by atoms with Gasteiger partial charge in [-0.25, -0.2) is 0 Å². The van der Waals surface area contributed by atoms with Crippen LogP contribution in [0.15, 0.2) is 18.3 Å². The minimum absolute atomic E-state index is 0.175. The highest BCUT2D eigenvalue weighted by atomic mass is 35.5. The van der Waals surface area contributed by atoms with Gasteiger partial charge in [0.15, 0.2) is 0 Å². The summed E-state index contributed by atoms with van der Waals surface area (Å²) >= 11 is 10.7. The Hall–Kier alpha value is -0.600. The Labute approximate surface area is 81.5 Å². The topological polar surface area (TPSA) is 30.0 Å². The first-order valence-electron chi connectivity index (χ1n) is 3.51. The largest absolute Gasteiger partial charge is 0.274 e. The molecule has 0 saturated heterocycles. The highest BCUT2D eigenvalue weighted by Crippen LogP contribution is 2.09. The van der Waals surface area contributed by atoms with E-state index in [0.29, 0.717) is 5.02 Å². The Morgan fingerprint density at radius 2 is 2.08 bits per heavy atom. The normalized spacial score (nSPS) is 8.33. The molecule has 1 rings (SSSR count). The third-order valence-electron chi connectivity index (χ3n) is 0.923. The second-order valence-electron chi connectivity index (χ2n) is 1.63. The van der Waals surface area contributed by atoms with Crippen molar-refractivity contribution in [2.24, 2.45) is 0 Å². The molecule has 4 heteroatoms. The summed E-state index contributed by atoms with van der Waals surface area (Å²) < 4.78 is 0. The van der Waals surface area contributed by atoms with Gasteiger partial charge in [-0.15, -0.1) is 0 Å². The van der Waals surface area contributed by atoms with Crippen LogP contribution in [0, 0.1) is 0 Å². The standard InChI is InChI=1S/C6H3Cl2NO.C2H6/c7-4-1-2-9-5(3-4)6(8)10;1-2/h1-3H;1-2H3. The molecule has 0 amide bonds. The lowest BCUT2D eigenvalue weighted by Gasteiger charge is -1.90. The van der Waals surface area contributed by atoms with Crippen molar-refractivity contribution in [1.29, 1.82) is 0 Å². The Balaban J connectivity index is 0.000000561. The Morgan fingerprint density at radius 1 is 1.50 bits per heavy atom. The van der Waals surface area contributed by atoms with E-state index >= 15 is 0 Å². The smallest absolute Gasteiger partial charge is 0.270 e. The van der Waals surface area contributed by atoms with Crippen LogP contribution in [-0.4, -0.2) is 10.2 Å². The number of aromatic nitrogens is 1. The number of nitrogens with zero attached hydrogens (tertiary/aromatic N) is 1. The van der Waals surface area contributed by atoms with Gasteiger partial charge in [-0.05, 0) is 23.7 Å². The molecule has 0 bridgehead atoms. The van der Waals surface area contributed by atoms with Gasteiger partial charge in [0.2, 0.25) is 0 Å². The monoisotopic (exact) mass is 205 g/mol. The molecule has 0 aliphatic carbocycles. The predicted molar refractivity (Wildman–Crippen MR) is 50.8 cm³/mol. The molecule has 0 unspecified atom stereocenters. The van der Waals surface area contributed by atoms with E-state index in [1.807, 2.05) is 13.8 Å². The maximum absolute atomic E-state index is 10.4. The van der Waals surface area contributed by atoms with Crippen molar-refractivity contribution in [1.82, 2.24) is 4.98 Å². The molecular formula is C8H9Cl2NO. The number of hydrogen-bond acceptors (Lipinski definition) is 2. The van der Waals surface area contributed by atoms with E-state index in [4.69, 9.17) is 23.2 Å². The Kier molecular flexibility index (Phi) is 5.68. The first-order valence-corrected chi connectivity index (χ1v) is 4.27. The molecule has 0 aromatic carbocycles. The number of pyridine rings is 1. The van der Waals surface area contributed by atoms with Gasteiger partial charge in [0.1, 0.15) is 5.69 Å². The van der Waals surface area contributed by atoms with Gasteiger partial charge in [-0.1, -0.05) is 25.4 Å². The lowest BCUT2D eigenvalue weighted by atomic mass is 10.4. The van der Waals surface area contributed by atoms with Crippen LogP contribution in [0.25, 0.3) is 0 Å². The lowest BCUT2D eigenvalue weighted by Crippen LogP contribution is -1.91. The summed E-state index contributed by atoms with van der Waals surface area (Å²) in [6.45, 7) is 4.00. The van der Waals surface area contributed by atoms with E-state index in [9.17, 15) is 4.79 Å². The number of carbonyl (C=O) groups excluding carboxylic acids is 1. The molecule has 0 radical (unpaired) electrons. The predicted octanol–water partition coefficient (Wildman–Crippen LogP) is 3.14. The highest BCUT2D eigenvalue weighted by molar-refractivity contribution is 6.67. The summed E-state index contributed by atoms with van der Waals surface area (Å²) in [5.41, 5.74) is 0.175. The summed E-state index contributed by atoms with van der Waals surface area (Å²) in [4.78, 5) is 14.1. The van der Waals surface area contributed by atoms with E-state index in [1.165, 1.54) is 12.3 Å². The molecule has 0 aliphatic heterocycles. The summed E-state index contributed by atoms with van der Waals surface area (Å²) in [6, 6.07) is 2.99. The molecule has 0 fully saturated rings. The van der Waals surface area contributed by atoms with Gasteiger partial charge in [0.25, 0.3) is 5.24 Å². The molecule has 12 heavy (non-hydrogen) atoms. The van der Waals surface area contributed by atoms with Gasteiger partial charge < -0.3 is 0 Å². The van der Waals surface area contributed by atoms with Crippen LogP contribution < -0.4 is 0 Å². The summed E-state index contributed by atoms with van der Waals surface area (Å²) in [6.07, 6.45) is 1.43. The van der Waals surface area contributed by atoms with Crippen molar-refractivity contribution in [2.75, 3.05) is 0 Å². The molecule has 0 aliphatic rings. The number of carbonyl (C=O) groups is 1. The Morgan fingerprint density at radius 3 is 2.42 bits per heavy atom. The third kappa shape index (κ3) is 3.69. The van der Waals surface area contributed by atoms with Crippen LogP contribution in [0.3, 0.4) is 0 Å². The van der Waals surface area contributed by atoms with Crippen LogP contribution in [0.2, 0.25) is 5.02 Å². The molecule has 0 spiro atoms. The third-order valence-corrected chi connectivity index (χ3v) is 1.35. The van der Waals surface area contributed by atoms with Gasteiger partial charge in [-0.2, -0.15) is 0 Å². The van der Waals surface area contributed by atoms with Gasteiger partial charge in [0.05, 0.1) is 0 Å². The molecule has 1 aromatic heterocycles. The van der Waals surface area contributed by atoms with Crippen molar-refractivity contribution in [3.05, 3.63) is 29.0 Å². The molecule has 2 nitrogen and oxygen atoms in total. The number of halogens is 2. The summed E-state index contributed by atoms with van der Waals surface area (Å²) in [5.74, 6) is 0. The fourth-order valence-corrected chi connectivity index (χ4v) is 0.775. The zero-order chi connectivity index (χ0) is 9.56. The molecular weight excluding hydrogens is 197 g/mol. The van der Waals surface area contributed by atoms with E-state index in [2.05, 4.69) is 4.98 Å². The van der Waals surface area contributed by atoms with Crippen LogP contribution in [0.1, 0.15) is 24.3 Å². The lowest BCUT2D eigenvalue weighted by molar-refractivity contribution is 0.107. The first kappa shape index (κ1) is 11.4. The van der Waals surface area contributed by atoms with Crippen LogP contribution >= 0.6 is 23.2 Å². The number of rotatable bonds is 1. The second-order valence-corrected chi connectivity index (χ2v) is 2.41. The molecule has 0 atom stereocenters. The Bertz CT molecular complexity index is 263. The van der Waals surface area contributed by atoms with Gasteiger partial charge in [0, 0.05) is 11.2 Å². The quantitative estimate of drug-likeness (QED) is 0.660. The summed E-state index contributed by atoms with van der Waals surface area (Å²) in [5, 5.41) is -0.137. The van der Waals surface area contributed by atoms with Crippen molar-refractivity contribution in [3.8, 4) is 0 Å². The zero-order valence-corrected chi connectivity index (χ0v) is 8.36. The minimum atomic E-state index is -0.595. The SMILES string of the molecule is CC.O=C(Cl)c1cc(Cl)ccn1. The van der Waals surface area contributed by atoms with Crippen LogP contribution in [-0.2, 0) is 0 Å². The van der Waals surface area contributed by atoms with Crippen molar-refractivity contribution >= 4 is 28.4 Å². The maximum atomic E-state index is 10.4. The molecule has 66 valence electrons. The molecule has 1 heterocycles. The van der Waals surface area contributed by atoms with Gasteiger partial charge >= 0.3 is 0 Å². The zero-order valence-electron chi connectivity index (χ0n) is 6.84. The van der Waals surface area contributed by atoms with Gasteiger partial charge in [-0.3, -0.25) is 9.78 Å². The average Bonchev–Trinajstić information content (AvgIpc) is 2.08. The molecule has 0 N–H and O–H groups in total. The van der Waals surface area contributed by atoms with E-state index in [1.54, 1.807) is 6.07 Å². The van der Waals surface area contributed by atoms with Crippen LogP contribution in [0.5, 0.6) is 0 Å². The second kappa shape index (κ2) is 5.98. The van der Waals surface area contributed by atoms with Crippen molar-refractivity contribution in [3.63, 3.8) is 0 Å². The fourth-order valence-electron chi connectivity index (χ4n) is 0.512. The van der Waals surface area contributed by atoms with Crippen LogP contribution in [0.4, 0.5) is 0 Å². The molecule has 1 aromatic rings. The first-order chi connectivity index (χ1) is 5.70. The van der Waals surface area contributed by atoms with E-state index in [0.717, 1.165) is 0 Å². The maximum Gasteiger partial charge on any atom is 0.270 e. The average molecular weight is 206 g/mol. The van der Waals surface area contributed by atoms with E-state index < -0.39 is 5.24 Å². The molecule has 0 saturated carbocycles. The van der Waals surface area contributed by atoms with E-state index in [-0.39, 0.29) is 5.69 Å². The minimum Gasteiger partial charge on any atom is -0.274 e. The number of hydrogen-bond donors (Lipinski definition) is 0.